The molecular weight excluding hydrogens is 393 g/mol. The molecule has 0 aliphatic heterocycles. The molecule has 6 N–H and O–H groups in total. The van der Waals surface area contributed by atoms with Crippen molar-refractivity contribution in [2.24, 2.45) is 11.5 Å². The highest BCUT2D eigenvalue weighted by molar-refractivity contribution is 7.15. The third kappa shape index (κ3) is 5.88. The molecule has 1 aromatic carbocycles. The summed E-state index contributed by atoms with van der Waals surface area (Å²) in [6.45, 7) is 3.66. The smallest absolute Gasteiger partial charge is 0.407 e. The van der Waals surface area contributed by atoms with Crippen LogP contribution in [-0.2, 0) is 4.74 Å². The normalized spacial score (nSPS) is 19.4. The van der Waals surface area contributed by atoms with E-state index in [0.717, 1.165) is 35.6 Å². The molecule has 2 aromatic rings. The number of nitrogens with two attached hydrogens (primary N) is 2. The predicted octanol–water partition coefficient (Wildman–Crippen LogP) is 3.72. The molecule has 3 rings (SSSR count). The van der Waals surface area contributed by atoms with E-state index in [0.29, 0.717) is 17.2 Å². The van der Waals surface area contributed by atoms with Crippen LogP contribution in [0.4, 0.5) is 14.9 Å². The molecule has 158 valence electrons. The van der Waals surface area contributed by atoms with Gasteiger partial charge >= 0.3 is 6.09 Å². The summed E-state index contributed by atoms with van der Waals surface area (Å²) in [4.78, 5) is 17.1. The molecule has 1 aliphatic carbocycles. The van der Waals surface area contributed by atoms with E-state index < -0.39 is 6.29 Å². The molecule has 0 atom stereocenters. The maximum absolute atomic E-state index is 14.5. The molecule has 1 fully saturated rings. The van der Waals surface area contributed by atoms with E-state index in [1.54, 1.807) is 18.3 Å². The summed E-state index contributed by atoms with van der Waals surface area (Å²) in [5.74, 6) is -0.0189. The maximum atomic E-state index is 14.5. The largest absolute Gasteiger partial charge is 0.447 e. The van der Waals surface area contributed by atoms with Gasteiger partial charge < -0.3 is 15.4 Å². The Balaban J connectivity index is 1.59. The number of aromatic nitrogens is 1. The van der Waals surface area contributed by atoms with Crippen LogP contribution in [0.2, 0.25) is 0 Å². The lowest BCUT2D eigenvalue weighted by atomic mass is 9.86. The van der Waals surface area contributed by atoms with Gasteiger partial charge in [-0.25, -0.2) is 14.2 Å². The molecule has 0 bridgehead atoms. The van der Waals surface area contributed by atoms with Gasteiger partial charge in [-0.05, 0) is 57.7 Å². The van der Waals surface area contributed by atoms with Crippen molar-refractivity contribution < 1.29 is 13.9 Å². The first kappa shape index (κ1) is 21.5. The Hall–Kier alpha value is -2.23. The molecule has 1 amide bonds. The Bertz CT molecular complexity index is 834. The first-order valence-corrected chi connectivity index (χ1v) is 10.6. The van der Waals surface area contributed by atoms with Gasteiger partial charge in [-0.2, -0.15) is 0 Å². The Labute approximate surface area is 174 Å². The first-order chi connectivity index (χ1) is 13.8. The number of carbonyl (C=O) groups is 1. The highest BCUT2D eigenvalue weighted by Gasteiger charge is 2.26. The van der Waals surface area contributed by atoms with E-state index >= 15 is 0 Å². The Morgan fingerprint density at radius 2 is 2.00 bits per heavy atom. The Kier molecular flexibility index (Phi) is 7.05. The summed E-state index contributed by atoms with van der Waals surface area (Å²) in [6.07, 6.45) is 4.11. The van der Waals surface area contributed by atoms with Gasteiger partial charge in [-0.1, -0.05) is 0 Å². The minimum Gasteiger partial charge on any atom is -0.447 e. The minimum atomic E-state index is -0.743. The van der Waals surface area contributed by atoms with Crippen LogP contribution < -0.4 is 22.1 Å². The summed E-state index contributed by atoms with van der Waals surface area (Å²) in [6, 6.07) is 4.97. The molecule has 0 unspecified atom stereocenters. The number of ether oxygens (including phenoxy) is 1. The van der Waals surface area contributed by atoms with Crippen molar-refractivity contribution in [3.63, 3.8) is 0 Å². The quantitative estimate of drug-likeness (QED) is 0.529. The lowest BCUT2D eigenvalue weighted by Gasteiger charge is -2.28. The number of amides is 1. The van der Waals surface area contributed by atoms with Crippen LogP contribution in [0.25, 0.3) is 10.4 Å². The van der Waals surface area contributed by atoms with Gasteiger partial charge in [0, 0.05) is 29.4 Å². The highest BCUT2D eigenvalue weighted by atomic mass is 32.1. The monoisotopic (exact) mass is 421 g/mol. The number of nitrogens with one attached hydrogen (secondary N) is 2. The topological polar surface area (TPSA) is 115 Å². The van der Waals surface area contributed by atoms with Gasteiger partial charge in [0.15, 0.2) is 0 Å². The number of carbonyl (C=O) groups excluding carboxylic acids is 1. The van der Waals surface area contributed by atoms with Crippen LogP contribution >= 0.6 is 11.3 Å². The number of alkyl carbamates (subject to hydrolysis) is 1. The molecule has 0 radical (unpaired) electrons. The molecule has 0 saturated heterocycles. The molecule has 29 heavy (non-hydrogen) atoms. The van der Waals surface area contributed by atoms with Gasteiger partial charge in [0.1, 0.15) is 12.1 Å². The molecule has 1 saturated carbocycles. The van der Waals surface area contributed by atoms with E-state index in [9.17, 15) is 9.18 Å². The van der Waals surface area contributed by atoms with Crippen molar-refractivity contribution in [2.75, 3.05) is 5.32 Å². The second-order valence-electron chi connectivity index (χ2n) is 7.57. The Morgan fingerprint density at radius 3 is 2.62 bits per heavy atom. The molecule has 1 heterocycles. The summed E-state index contributed by atoms with van der Waals surface area (Å²) in [5, 5.41) is 6.71. The number of hydrogen-bond acceptors (Lipinski definition) is 7. The molecule has 1 aromatic heterocycles. The first-order valence-electron chi connectivity index (χ1n) is 9.82. The zero-order valence-electron chi connectivity index (χ0n) is 16.7. The van der Waals surface area contributed by atoms with E-state index in [1.165, 1.54) is 17.4 Å². The van der Waals surface area contributed by atoms with Gasteiger partial charge in [-0.3, -0.25) is 11.5 Å². The van der Waals surface area contributed by atoms with Gasteiger partial charge in [0.25, 0.3) is 0 Å². The highest BCUT2D eigenvalue weighted by Crippen LogP contribution is 2.38. The minimum absolute atomic E-state index is 0.127. The fourth-order valence-corrected chi connectivity index (χ4v) is 4.61. The summed E-state index contributed by atoms with van der Waals surface area (Å²) < 4.78 is 19.6. The van der Waals surface area contributed by atoms with Crippen LogP contribution in [0.1, 0.15) is 50.5 Å². The number of anilines is 1. The van der Waals surface area contributed by atoms with Crippen molar-refractivity contribution >= 4 is 23.1 Å². The standard InChI is InChI=1S/C20H28FN5O2S/c1-11(2)28-20(27)26-13-5-3-12(4-6-13)18-24-10-17(29-18)15-8-7-14(9-16(15)21)25-19(22)23/h7-13,19,25H,3-6,22-23H2,1-2H3,(H,26,27). The van der Waals surface area contributed by atoms with Gasteiger partial charge in [0.2, 0.25) is 0 Å². The van der Waals surface area contributed by atoms with Gasteiger partial charge in [0.05, 0.1) is 16.0 Å². The van der Waals surface area contributed by atoms with Crippen molar-refractivity contribution in [3.8, 4) is 10.4 Å². The molecule has 1 aliphatic rings. The zero-order chi connectivity index (χ0) is 21.0. The number of thiazole rings is 1. The van der Waals surface area contributed by atoms with Crippen LogP contribution in [0.3, 0.4) is 0 Å². The Morgan fingerprint density at radius 1 is 1.28 bits per heavy atom. The van der Waals surface area contributed by atoms with Crippen molar-refractivity contribution in [3.05, 3.63) is 35.2 Å². The third-order valence-electron chi connectivity index (χ3n) is 4.83. The van der Waals surface area contributed by atoms with Crippen LogP contribution in [0.5, 0.6) is 0 Å². The number of nitrogens with zero attached hydrogens (tertiary/aromatic N) is 1. The van der Waals surface area contributed by atoms with Crippen molar-refractivity contribution in [1.82, 2.24) is 10.3 Å². The van der Waals surface area contributed by atoms with E-state index in [2.05, 4.69) is 15.6 Å². The average Bonchev–Trinajstić information content (AvgIpc) is 3.11. The fraction of sp³-hybridized carbons (Fsp3) is 0.500. The SMILES string of the molecule is CC(C)OC(=O)NC1CCC(c2ncc(-c3ccc(NC(N)N)cc3F)s2)CC1. The van der Waals surface area contributed by atoms with Crippen LogP contribution in [-0.4, -0.2) is 29.5 Å². The molecule has 7 nitrogen and oxygen atoms in total. The summed E-state index contributed by atoms with van der Waals surface area (Å²) in [5.41, 5.74) is 12.0. The third-order valence-corrected chi connectivity index (χ3v) is 6.03. The maximum Gasteiger partial charge on any atom is 0.407 e. The predicted molar refractivity (Wildman–Crippen MR) is 113 cm³/mol. The second kappa shape index (κ2) is 9.51. The van der Waals surface area contributed by atoms with Crippen LogP contribution in [0, 0.1) is 5.82 Å². The lowest BCUT2D eigenvalue weighted by molar-refractivity contribution is 0.109. The molecule has 9 heteroatoms. The lowest BCUT2D eigenvalue weighted by Crippen LogP contribution is -2.38. The molecule has 0 spiro atoms. The average molecular weight is 422 g/mol. The second-order valence-corrected chi connectivity index (χ2v) is 8.64. The summed E-state index contributed by atoms with van der Waals surface area (Å²) >= 11 is 1.52. The van der Waals surface area contributed by atoms with Gasteiger partial charge in [-0.15, -0.1) is 11.3 Å². The van der Waals surface area contributed by atoms with E-state index in [1.807, 2.05) is 13.8 Å². The number of halogens is 1. The number of benzene rings is 1. The molecular formula is C20H28FN5O2S. The fourth-order valence-electron chi connectivity index (χ4n) is 3.50. The summed E-state index contributed by atoms with van der Waals surface area (Å²) in [7, 11) is 0. The van der Waals surface area contributed by atoms with E-state index in [-0.39, 0.29) is 24.1 Å². The van der Waals surface area contributed by atoms with Crippen LogP contribution in [0.15, 0.2) is 24.4 Å². The zero-order valence-corrected chi connectivity index (χ0v) is 17.5. The number of rotatable bonds is 6. The number of hydrogen-bond donors (Lipinski definition) is 4. The van der Waals surface area contributed by atoms with E-state index in [4.69, 9.17) is 16.2 Å². The van der Waals surface area contributed by atoms with Crippen molar-refractivity contribution in [2.45, 2.75) is 63.9 Å². The van der Waals surface area contributed by atoms with Crippen molar-refractivity contribution in [1.29, 1.82) is 0 Å².